The van der Waals surface area contributed by atoms with E-state index in [2.05, 4.69) is 6.92 Å². The van der Waals surface area contributed by atoms with Crippen LogP contribution in [-0.2, 0) is 6.42 Å². The van der Waals surface area contributed by atoms with Crippen LogP contribution in [0.1, 0.15) is 25.3 Å². The van der Waals surface area contributed by atoms with Gasteiger partial charge in [-0.05, 0) is 31.4 Å². The zero-order valence-corrected chi connectivity index (χ0v) is 10.9. The number of benzene rings is 1. The topological polar surface area (TPSA) is 18.5 Å². The highest BCUT2D eigenvalue weighted by Crippen LogP contribution is 2.30. The second-order valence-electron chi connectivity index (χ2n) is 3.69. The fourth-order valence-corrected chi connectivity index (χ4v) is 1.79. The molecule has 3 heteroatoms. The second kappa shape index (κ2) is 6.64. The van der Waals surface area contributed by atoms with Crippen molar-refractivity contribution in [2.45, 2.75) is 31.6 Å². The summed E-state index contributed by atoms with van der Waals surface area (Å²) < 4.78 is 10.7. The van der Waals surface area contributed by atoms with Crippen molar-refractivity contribution in [1.29, 1.82) is 0 Å². The van der Waals surface area contributed by atoms with Gasteiger partial charge in [0.2, 0.25) is 0 Å². The summed E-state index contributed by atoms with van der Waals surface area (Å²) in [6, 6.07) is 5.83. The molecular weight excluding hydrogens is 224 g/mol. The molecule has 0 saturated heterocycles. The minimum Gasteiger partial charge on any atom is -0.496 e. The lowest BCUT2D eigenvalue weighted by Gasteiger charge is -2.14. The molecule has 0 fully saturated rings. The monoisotopic (exact) mass is 242 g/mol. The predicted octanol–water partition coefficient (Wildman–Crippen LogP) is 3.65. The first-order valence-electron chi connectivity index (χ1n) is 5.56. The quantitative estimate of drug-likeness (QED) is 0.709. The fourth-order valence-electron chi connectivity index (χ4n) is 1.68. The summed E-state index contributed by atoms with van der Waals surface area (Å²) in [5, 5.41) is 0.217. The van der Waals surface area contributed by atoms with E-state index in [9.17, 15) is 0 Å². The summed E-state index contributed by atoms with van der Waals surface area (Å²) in [6.45, 7) is 2.09. The van der Waals surface area contributed by atoms with Crippen molar-refractivity contribution in [3.63, 3.8) is 0 Å². The molecule has 90 valence electrons. The van der Waals surface area contributed by atoms with E-state index in [1.807, 2.05) is 18.2 Å². The molecule has 0 heterocycles. The summed E-state index contributed by atoms with van der Waals surface area (Å²) in [4.78, 5) is 0. The van der Waals surface area contributed by atoms with Gasteiger partial charge in [0, 0.05) is 10.9 Å². The van der Waals surface area contributed by atoms with Crippen molar-refractivity contribution in [3.05, 3.63) is 23.8 Å². The smallest absolute Gasteiger partial charge is 0.125 e. The first kappa shape index (κ1) is 13.2. The van der Waals surface area contributed by atoms with E-state index in [0.29, 0.717) is 0 Å². The van der Waals surface area contributed by atoms with Gasteiger partial charge in [-0.2, -0.15) is 0 Å². The average Bonchev–Trinajstić information content (AvgIpc) is 2.35. The molecule has 0 aromatic heterocycles. The first-order chi connectivity index (χ1) is 7.72. The zero-order chi connectivity index (χ0) is 12.0. The van der Waals surface area contributed by atoms with E-state index in [1.165, 1.54) is 0 Å². The van der Waals surface area contributed by atoms with Crippen molar-refractivity contribution in [2.24, 2.45) is 0 Å². The maximum Gasteiger partial charge on any atom is 0.125 e. The largest absolute Gasteiger partial charge is 0.496 e. The Morgan fingerprint density at radius 2 is 1.75 bits per heavy atom. The molecule has 0 saturated carbocycles. The highest BCUT2D eigenvalue weighted by molar-refractivity contribution is 6.20. The molecule has 16 heavy (non-hydrogen) atoms. The Hall–Kier alpha value is -0.890. The van der Waals surface area contributed by atoms with Crippen LogP contribution in [-0.4, -0.2) is 19.6 Å². The summed E-state index contributed by atoms with van der Waals surface area (Å²) in [6.07, 6.45) is 2.81. The Morgan fingerprint density at radius 1 is 1.19 bits per heavy atom. The molecule has 0 amide bonds. The Labute approximate surface area is 103 Å². The average molecular weight is 243 g/mol. The van der Waals surface area contributed by atoms with E-state index >= 15 is 0 Å². The standard InChI is InChI=1S/C13H19ClO2/c1-4-10(14)8-9-11-12(15-2)6-5-7-13(11)16-3/h5-7,10H,4,8-9H2,1-3H3. The van der Waals surface area contributed by atoms with Crippen molar-refractivity contribution in [3.8, 4) is 11.5 Å². The Kier molecular flexibility index (Phi) is 5.47. The SMILES string of the molecule is CCC(Cl)CCc1c(OC)cccc1OC. The van der Waals surface area contributed by atoms with Crippen LogP contribution >= 0.6 is 11.6 Å². The number of hydrogen-bond acceptors (Lipinski definition) is 2. The Morgan fingerprint density at radius 3 is 2.19 bits per heavy atom. The minimum absolute atomic E-state index is 0.217. The number of alkyl halides is 1. The van der Waals surface area contributed by atoms with Gasteiger partial charge in [0.05, 0.1) is 14.2 Å². The predicted molar refractivity (Wildman–Crippen MR) is 67.8 cm³/mol. The van der Waals surface area contributed by atoms with Crippen LogP contribution in [0.2, 0.25) is 0 Å². The van der Waals surface area contributed by atoms with Gasteiger partial charge in [0.15, 0.2) is 0 Å². The van der Waals surface area contributed by atoms with Gasteiger partial charge in [-0.1, -0.05) is 13.0 Å². The van der Waals surface area contributed by atoms with Crippen LogP contribution < -0.4 is 9.47 Å². The van der Waals surface area contributed by atoms with Crippen LogP contribution in [0.5, 0.6) is 11.5 Å². The third-order valence-electron chi connectivity index (χ3n) is 2.68. The number of rotatable bonds is 6. The lowest BCUT2D eigenvalue weighted by Crippen LogP contribution is -2.02. The van der Waals surface area contributed by atoms with E-state index in [0.717, 1.165) is 36.3 Å². The van der Waals surface area contributed by atoms with Gasteiger partial charge >= 0.3 is 0 Å². The highest BCUT2D eigenvalue weighted by atomic mass is 35.5. The molecule has 0 aliphatic rings. The molecule has 0 spiro atoms. The number of halogens is 1. The van der Waals surface area contributed by atoms with Crippen LogP contribution in [0, 0.1) is 0 Å². The first-order valence-corrected chi connectivity index (χ1v) is 6.00. The van der Waals surface area contributed by atoms with Gasteiger partial charge in [-0.25, -0.2) is 0 Å². The maximum absolute atomic E-state index is 6.12. The summed E-state index contributed by atoms with van der Waals surface area (Å²) in [5.41, 5.74) is 1.10. The molecule has 0 aliphatic carbocycles. The van der Waals surface area contributed by atoms with E-state index < -0.39 is 0 Å². The van der Waals surface area contributed by atoms with Crippen LogP contribution in [0.25, 0.3) is 0 Å². The zero-order valence-electron chi connectivity index (χ0n) is 10.1. The van der Waals surface area contributed by atoms with Gasteiger partial charge in [-0.15, -0.1) is 11.6 Å². The molecule has 0 aliphatic heterocycles. The van der Waals surface area contributed by atoms with Crippen LogP contribution in [0.4, 0.5) is 0 Å². The summed E-state index contributed by atoms with van der Waals surface area (Å²) >= 11 is 6.12. The van der Waals surface area contributed by atoms with Gasteiger partial charge in [-0.3, -0.25) is 0 Å². The maximum atomic E-state index is 6.12. The molecule has 0 radical (unpaired) electrons. The molecule has 1 aromatic carbocycles. The molecule has 0 bridgehead atoms. The second-order valence-corrected chi connectivity index (χ2v) is 4.30. The molecular formula is C13H19ClO2. The number of hydrogen-bond donors (Lipinski definition) is 0. The Balaban J connectivity index is 2.82. The van der Waals surface area contributed by atoms with E-state index in [4.69, 9.17) is 21.1 Å². The van der Waals surface area contributed by atoms with E-state index in [1.54, 1.807) is 14.2 Å². The van der Waals surface area contributed by atoms with Crippen molar-refractivity contribution in [1.82, 2.24) is 0 Å². The summed E-state index contributed by atoms with van der Waals surface area (Å²) in [7, 11) is 3.35. The van der Waals surface area contributed by atoms with Gasteiger partial charge < -0.3 is 9.47 Å². The molecule has 0 N–H and O–H groups in total. The van der Waals surface area contributed by atoms with Crippen molar-refractivity contribution in [2.75, 3.05) is 14.2 Å². The molecule has 1 rings (SSSR count). The number of methoxy groups -OCH3 is 2. The van der Waals surface area contributed by atoms with Gasteiger partial charge in [0.1, 0.15) is 11.5 Å². The third kappa shape index (κ3) is 3.31. The molecule has 1 atom stereocenters. The third-order valence-corrected chi connectivity index (χ3v) is 3.21. The molecule has 2 nitrogen and oxygen atoms in total. The molecule has 1 unspecified atom stereocenters. The molecule has 1 aromatic rings. The summed E-state index contributed by atoms with van der Waals surface area (Å²) in [5.74, 6) is 1.75. The fraction of sp³-hybridized carbons (Fsp3) is 0.538. The van der Waals surface area contributed by atoms with Crippen LogP contribution in [0.15, 0.2) is 18.2 Å². The Bertz CT molecular complexity index is 303. The van der Waals surface area contributed by atoms with Crippen LogP contribution in [0.3, 0.4) is 0 Å². The number of ether oxygens (including phenoxy) is 2. The minimum atomic E-state index is 0.217. The lowest BCUT2D eigenvalue weighted by molar-refractivity contribution is 0.384. The van der Waals surface area contributed by atoms with Gasteiger partial charge in [0.25, 0.3) is 0 Å². The highest BCUT2D eigenvalue weighted by Gasteiger charge is 2.11. The normalized spacial score (nSPS) is 12.2. The van der Waals surface area contributed by atoms with Crippen molar-refractivity contribution >= 4 is 11.6 Å². The van der Waals surface area contributed by atoms with Crippen molar-refractivity contribution < 1.29 is 9.47 Å². The van der Waals surface area contributed by atoms with E-state index in [-0.39, 0.29) is 5.38 Å². The lowest BCUT2D eigenvalue weighted by atomic mass is 10.0.